The molecule has 0 spiro atoms. The van der Waals surface area contributed by atoms with E-state index < -0.39 is 14.7 Å². The van der Waals surface area contributed by atoms with Gasteiger partial charge in [0.1, 0.15) is 0 Å². The zero-order valence-electron chi connectivity index (χ0n) is 16.4. The molecule has 5 nitrogen and oxygen atoms in total. The standard InChI is InChI=1S/C17H38O5Si/c1-9-12-15(18-4)16(13-10-2,14-11-3)17(19-5,20-6)23(21-7)22-8/h15,23H,9-14H2,1-8H3. The van der Waals surface area contributed by atoms with Gasteiger partial charge in [0.25, 0.3) is 0 Å². The van der Waals surface area contributed by atoms with Gasteiger partial charge in [-0.05, 0) is 19.3 Å². The van der Waals surface area contributed by atoms with Crippen LogP contribution in [-0.2, 0) is 23.1 Å². The summed E-state index contributed by atoms with van der Waals surface area (Å²) in [6.45, 7) is 6.56. The van der Waals surface area contributed by atoms with Crippen molar-refractivity contribution in [1.82, 2.24) is 0 Å². The molecule has 0 amide bonds. The highest BCUT2D eigenvalue weighted by Gasteiger charge is 2.62. The first-order valence-electron chi connectivity index (χ1n) is 8.72. The van der Waals surface area contributed by atoms with E-state index in [1.54, 1.807) is 35.5 Å². The first kappa shape index (κ1) is 23.0. The maximum atomic E-state index is 6.04. The molecule has 0 aliphatic carbocycles. The molecule has 0 aliphatic rings. The number of hydrogen-bond acceptors (Lipinski definition) is 5. The topological polar surface area (TPSA) is 46.2 Å². The van der Waals surface area contributed by atoms with E-state index in [2.05, 4.69) is 20.8 Å². The van der Waals surface area contributed by atoms with Gasteiger partial charge in [-0.25, -0.2) is 0 Å². The lowest BCUT2D eigenvalue weighted by molar-refractivity contribution is -0.271. The van der Waals surface area contributed by atoms with E-state index in [9.17, 15) is 0 Å². The Morgan fingerprint density at radius 1 is 0.783 bits per heavy atom. The molecule has 0 radical (unpaired) electrons. The average molecular weight is 351 g/mol. The van der Waals surface area contributed by atoms with E-state index in [1.807, 2.05) is 0 Å². The quantitative estimate of drug-likeness (QED) is 0.355. The van der Waals surface area contributed by atoms with Crippen LogP contribution in [-0.4, -0.2) is 56.3 Å². The predicted molar refractivity (Wildman–Crippen MR) is 95.9 cm³/mol. The molecule has 0 heterocycles. The van der Waals surface area contributed by atoms with Crippen molar-refractivity contribution in [2.75, 3.05) is 35.5 Å². The first-order chi connectivity index (χ1) is 11.0. The van der Waals surface area contributed by atoms with Crippen LogP contribution in [0.5, 0.6) is 0 Å². The fourth-order valence-electron chi connectivity index (χ4n) is 4.12. The van der Waals surface area contributed by atoms with Crippen molar-refractivity contribution in [1.29, 1.82) is 0 Å². The third kappa shape index (κ3) is 4.55. The van der Waals surface area contributed by atoms with Crippen LogP contribution in [0.3, 0.4) is 0 Å². The molecule has 23 heavy (non-hydrogen) atoms. The molecule has 0 bridgehead atoms. The van der Waals surface area contributed by atoms with Crippen LogP contribution in [0.2, 0.25) is 0 Å². The maximum absolute atomic E-state index is 6.04. The molecule has 0 aromatic heterocycles. The summed E-state index contributed by atoms with van der Waals surface area (Å²) in [5.41, 5.74) is -1.19. The summed E-state index contributed by atoms with van der Waals surface area (Å²) in [5, 5.41) is 0. The van der Waals surface area contributed by atoms with Gasteiger partial charge in [0.15, 0.2) is 0 Å². The highest BCUT2D eigenvalue weighted by molar-refractivity contribution is 6.48. The van der Waals surface area contributed by atoms with Crippen LogP contribution in [0.15, 0.2) is 0 Å². The molecule has 0 aliphatic heterocycles. The highest BCUT2D eigenvalue weighted by Crippen LogP contribution is 2.50. The molecule has 0 saturated carbocycles. The van der Waals surface area contributed by atoms with Crippen LogP contribution in [0, 0.1) is 5.41 Å². The smallest absolute Gasteiger partial charge is 0.384 e. The minimum Gasteiger partial charge on any atom is -0.397 e. The summed E-state index contributed by atoms with van der Waals surface area (Å²) < 4.78 is 29.5. The molecule has 0 saturated heterocycles. The Hall–Kier alpha value is 0.0169. The van der Waals surface area contributed by atoms with Gasteiger partial charge in [-0.15, -0.1) is 0 Å². The van der Waals surface area contributed by atoms with Crippen LogP contribution in [0.25, 0.3) is 0 Å². The zero-order chi connectivity index (χ0) is 17.9. The van der Waals surface area contributed by atoms with E-state index in [-0.39, 0.29) is 11.5 Å². The van der Waals surface area contributed by atoms with E-state index in [0.717, 1.165) is 38.5 Å². The van der Waals surface area contributed by atoms with Gasteiger partial charge in [0.05, 0.1) is 11.5 Å². The van der Waals surface area contributed by atoms with Crippen molar-refractivity contribution >= 4 is 9.28 Å². The molecule has 0 aromatic rings. The molecule has 1 atom stereocenters. The number of methoxy groups -OCH3 is 3. The number of rotatable bonds is 14. The van der Waals surface area contributed by atoms with Crippen molar-refractivity contribution in [3.05, 3.63) is 0 Å². The molecule has 140 valence electrons. The van der Waals surface area contributed by atoms with Crippen molar-refractivity contribution in [3.63, 3.8) is 0 Å². The second kappa shape index (κ2) is 11.6. The summed E-state index contributed by atoms with van der Waals surface area (Å²) in [5.74, 6) is 0. The van der Waals surface area contributed by atoms with Gasteiger partial charge in [0, 0.05) is 35.5 Å². The Balaban J connectivity index is 6.27. The molecule has 0 N–H and O–H groups in total. The summed E-state index contributed by atoms with van der Waals surface area (Å²) in [6.07, 6.45) is 5.96. The van der Waals surface area contributed by atoms with E-state index in [4.69, 9.17) is 23.1 Å². The number of hydrogen-bond donors (Lipinski definition) is 0. The van der Waals surface area contributed by atoms with Crippen LogP contribution < -0.4 is 0 Å². The Labute approximate surface area is 144 Å². The minimum absolute atomic E-state index is 0.0348. The lowest BCUT2D eigenvalue weighted by atomic mass is 9.71. The lowest BCUT2D eigenvalue weighted by Crippen LogP contribution is -2.67. The van der Waals surface area contributed by atoms with E-state index in [1.165, 1.54) is 0 Å². The van der Waals surface area contributed by atoms with Crippen LogP contribution in [0.4, 0.5) is 0 Å². The third-order valence-corrected chi connectivity index (χ3v) is 7.41. The summed E-state index contributed by atoms with van der Waals surface area (Å²) in [6, 6.07) is 0. The molecule has 0 rings (SSSR count). The van der Waals surface area contributed by atoms with Crippen LogP contribution in [0.1, 0.15) is 59.3 Å². The maximum Gasteiger partial charge on any atom is 0.384 e. The molecule has 0 aromatic carbocycles. The van der Waals surface area contributed by atoms with Gasteiger partial charge in [-0.1, -0.05) is 40.0 Å². The monoisotopic (exact) mass is 350 g/mol. The SMILES string of the molecule is CCCC(OC)C(CCC)(CCC)C(OC)(OC)[SiH](OC)OC. The zero-order valence-corrected chi connectivity index (χ0v) is 17.6. The second-order valence-electron chi connectivity index (χ2n) is 6.05. The normalized spacial score (nSPS) is 14.5. The fraction of sp³-hybridized carbons (Fsp3) is 1.00. The summed E-state index contributed by atoms with van der Waals surface area (Å²) in [4.78, 5) is 0. The Morgan fingerprint density at radius 3 is 1.52 bits per heavy atom. The highest BCUT2D eigenvalue weighted by atomic mass is 28.3. The average Bonchev–Trinajstić information content (AvgIpc) is 2.57. The molecular weight excluding hydrogens is 312 g/mol. The lowest BCUT2D eigenvalue weighted by Gasteiger charge is -2.53. The molecule has 0 fully saturated rings. The van der Waals surface area contributed by atoms with Crippen molar-refractivity contribution in [2.45, 2.75) is 70.8 Å². The van der Waals surface area contributed by atoms with Gasteiger partial charge in [-0.2, -0.15) is 0 Å². The number of ether oxygens (including phenoxy) is 3. The van der Waals surface area contributed by atoms with Gasteiger partial charge in [0.2, 0.25) is 5.41 Å². The van der Waals surface area contributed by atoms with Gasteiger partial charge < -0.3 is 23.1 Å². The molecular formula is C17H38O5Si. The minimum atomic E-state index is -2.25. The summed E-state index contributed by atoms with van der Waals surface area (Å²) in [7, 11) is 6.28. The summed E-state index contributed by atoms with van der Waals surface area (Å²) >= 11 is 0. The van der Waals surface area contributed by atoms with Crippen molar-refractivity contribution in [3.8, 4) is 0 Å². The van der Waals surface area contributed by atoms with E-state index in [0.29, 0.717) is 0 Å². The van der Waals surface area contributed by atoms with Gasteiger partial charge in [-0.3, -0.25) is 0 Å². The Kier molecular flexibility index (Phi) is 11.6. The fourth-order valence-corrected chi connectivity index (χ4v) is 6.26. The van der Waals surface area contributed by atoms with Crippen LogP contribution >= 0.6 is 0 Å². The van der Waals surface area contributed by atoms with Crippen molar-refractivity contribution < 1.29 is 23.1 Å². The first-order valence-corrected chi connectivity index (χ1v) is 10.2. The third-order valence-electron chi connectivity index (χ3n) is 4.88. The Bertz CT molecular complexity index is 287. The molecule has 1 unspecified atom stereocenters. The van der Waals surface area contributed by atoms with Crippen molar-refractivity contribution in [2.24, 2.45) is 5.41 Å². The second-order valence-corrected chi connectivity index (χ2v) is 8.41. The van der Waals surface area contributed by atoms with E-state index >= 15 is 0 Å². The predicted octanol–water partition coefficient (Wildman–Crippen LogP) is 3.43. The largest absolute Gasteiger partial charge is 0.397 e. The van der Waals surface area contributed by atoms with Gasteiger partial charge >= 0.3 is 9.28 Å². The molecule has 6 heteroatoms. The Morgan fingerprint density at radius 2 is 1.26 bits per heavy atom.